The molecule has 1 aromatic rings. The smallest absolute Gasteiger partial charge is 0.328 e. The Labute approximate surface area is 151 Å². The molecule has 1 amide bonds. The Kier molecular flexibility index (Phi) is 11.7. The van der Waals surface area contributed by atoms with Crippen molar-refractivity contribution >= 4 is 17.6 Å². The minimum Gasteiger partial charge on any atom is -0.478 e. The molecule has 5 nitrogen and oxygen atoms in total. The van der Waals surface area contributed by atoms with Gasteiger partial charge in [0.2, 0.25) is 5.91 Å². The molecule has 0 aliphatic heterocycles. The van der Waals surface area contributed by atoms with Gasteiger partial charge in [-0.05, 0) is 45.0 Å². The number of nitrogens with one attached hydrogen (secondary N) is 1. The summed E-state index contributed by atoms with van der Waals surface area (Å²) in [7, 11) is 0. The lowest BCUT2D eigenvalue weighted by molar-refractivity contribution is -0.131. The number of benzene rings is 1. The zero-order valence-corrected chi connectivity index (χ0v) is 15.9. The average molecular weight is 346 g/mol. The summed E-state index contributed by atoms with van der Waals surface area (Å²) in [6, 6.07) is 6.03. The number of aliphatic carboxylic acids is 1. The minimum absolute atomic E-state index is 0.0612. The van der Waals surface area contributed by atoms with Gasteiger partial charge >= 0.3 is 5.97 Å². The quantitative estimate of drug-likeness (QED) is 0.582. The van der Waals surface area contributed by atoms with Gasteiger partial charge in [0.15, 0.2) is 0 Å². The summed E-state index contributed by atoms with van der Waals surface area (Å²) in [5, 5.41) is 11.0. The number of para-hydroxylation sites is 1. The summed E-state index contributed by atoms with van der Waals surface area (Å²) < 4.78 is 0. The monoisotopic (exact) mass is 346 g/mol. The summed E-state index contributed by atoms with van der Waals surface area (Å²) in [6.07, 6.45) is 5.98. The van der Waals surface area contributed by atoms with Crippen LogP contribution in [0, 0.1) is 13.8 Å². The third-order valence-corrected chi connectivity index (χ3v) is 3.55. The van der Waals surface area contributed by atoms with Crippen LogP contribution in [0.25, 0.3) is 0 Å². The van der Waals surface area contributed by atoms with Crippen LogP contribution in [-0.4, -0.2) is 41.5 Å². The van der Waals surface area contributed by atoms with Crippen molar-refractivity contribution in [3.8, 4) is 0 Å². The van der Waals surface area contributed by atoms with E-state index in [0.29, 0.717) is 6.54 Å². The molecule has 0 spiro atoms. The van der Waals surface area contributed by atoms with E-state index < -0.39 is 5.97 Å². The highest BCUT2D eigenvalue weighted by molar-refractivity contribution is 5.93. The van der Waals surface area contributed by atoms with Gasteiger partial charge in [-0.25, -0.2) is 4.79 Å². The fraction of sp³-hybridized carbons (Fsp3) is 0.400. The van der Waals surface area contributed by atoms with Gasteiger partial charge in [-0.1, -0.05) is 50.3 Å². The third kappa shape index (κ3) is 10.1. The summed E-state index contributed by atoms with van der Waals surface area (Å²) >= 11 is 0. The van der Waals surface area contributed by atoms with E-state index >= 15 is 0 Å². The first-order valence-corrected chi connectivity index (χ1v) is 8.46. The van der Waals surface area contributed by atoms with E-state index in [4.69, 9.17) is 5.11 Å². The maximum Gasteiger partial charge on any atom is 0.328 e. The fourth-order valence-corrected chi connectivity index (χ4v) is 2.09. The van der Waals surface area contributed by atoms with Crippen molar-refractivity contribution in [3.63, 3.8) is 0 Å². The minimum atomic E-state index is -0.914. The van der Waals surface area contributed by atoms with Crippen LogP contribution in [0.2, 0.25) is 0 Å². The standard InChI is InChI=1S/C14H22N2O.C6H8O2/c1-5-16(6-2)10-13(17)15-14-11(3)8-7-9-12(14)4;1-2-3-4-5-6(7)8/h7-9H,5-6,10H2,1-4H3,(H,15,17);2-5H,1H3,(H,7,8)/b;3-2+,5-4+. The zero-order valence-electron chi connectivity index (χ0n) is 15.9. The number of hydrogen-bond acceptors (Lipinski definition) is 3. The van der Waals surface area contributed by atoms with Crippen molar-refractivity contribution in [1.82, 2.24) is 4.90 Å². The number of carbonyl (C=O) groups excluding carboxylic acids is 1. The van der Waals surface area contributed by atoms with Crippen LogP contribution in [0.3, 0.4) is 0 Å². The van der Waals surface area contributed by atoms with Crippen LogP contribution < -0.4 is 5.32 Å². The number of allylic oxidation sites excluding steroid dienone is 3. The van der Waals surface area contributed by atoms with Crippen molar-refractivity contribution in [2.75, 3.05) is 25.0 Å². The van der Waals surface area contributed by atoms with Gasteiger partial charge in [0.05, 0.1) is 6.54 Å². The molecule has 0 saturated carbocycles. The van der Waals surface area contributed by atoms with Crippen molar-refractivity contribution in [2.45, 2.75) is 34.6 Å². The number of carboxylic acids is 1. The molecular formula is C20H30N2O3. The van der Waals surface area contributed by atoms with Gasteiger partial charge in [0.25, 0.3) is 0 Å². The SMILES string of the molecule is C/C=C/C=C/C(=O)O.CCN(CC)CC(=O)Nc1c(C)cccc1C. The van der Waals surface area contributed by atoms with Gasteiger partial charge in [-0.15, -0.1) is 0 Å². The largest absolute Gasteiger partial charge is 0.478 e. The summed E-state index contributed by atoms with van der Waals surface area (Å²) in [5.74, 6) is -0.853. The van der Waals surface area contributed by atoms with E-state index in [-0.39, 0.29) is 5.91 Å². The van der Waals surface area contributed by atoms with Crippen LogP contribution >= 0.6 is 0 Å². The predicted octanol–water partition coefficient (Wildman–Crippen LogP) is 3.79. The topological polar surface area (TPSA) is 69.6 Å². The predicted molar refractivity (Wildman–Crippen MR) is 104 cm³/mol. The number of carbonyl (C=O) groups is 2. The van der Waals surface area contributed by atoms with Crippen LogP contribution in [-0.2, 0) is 9.59 Å². The van der Waals surface area contributed by atoms with E-state index in [2.05, 4.69) is 24.1 Å². The number of hydrogen-bond donors (Lipinski definition) is 2. The molecule has 0 bridgehead atoms. The highest BCUT2D eigenvalue weighted by atomic mass is 16.4. The number of rotatable bonds is 7. The lowest BCUT2D eigenvalue weighted by Gasteiger charge is -2.18. The number of aryl methyl sites for hydroxylation is 2. The lowest BCUT2D eigenvalue weighted by atomic mass is 10.1. The molecule has 5 heteroatoms. The highest BCUT2D eigenvalue weighted by Gasteiger charge is 2.09. The molecule has 1 rings (SSSR count). The Morgan fingerprint density at radius 3 is 2.12 bits per heavy atom. The van der Waals surface area contributed by atoms with E-state index in [1.165, 1.54) is 6.08 Å². The number of likely N-dealkylation sites (N-methyl/N-ethyl adjacent to an activating group) is 1. The van der Waals surface area contributed by atoms with Crippen molar-refractivity contribution in [3.05, 3.63) is 53.6 Å². The van der Waals surface area contributed by atoms with Crippen molar-refractivity contribution < 1.29 is 14.7 Å². The first-order valence-electron chi connectivity index (χ1n) is 8.46. The zero-order chi connectivity index (χ0) is 19.2. The van der Waals surface area contributed by atoms with Gasteiger partial charge in [0, 0.05) is 11.8 Å². The maximum atomic E-state index is 11.9. The normalized spacial score (nSPS) is 10.8. The molecule has 2 N–H and O–H groups in total. The molecule has 0 saturated heterocycles. The molecule has 0 aromatic heterocycles. The van der Waals surface area contributed by atoms with Crippen LogP contribution in [0.15, 0.2) is 42.5 Å². The molecule has 138 valence electrons. The number of nitrogens with zero attached hydrogens (tertiary/aromatic N) is 1. The fourth-order valence-electron chi connectivity index (χ4n) is 2.09. The van der Waals surface area contributed by atoms with Gasteiger partial charge in [-0.3, -0.25) is 9.69 Å². The van der Waals surface area contributed by atoms with E-state index in [1.807, 2.05) is 39.0 Å². The molecule has 0 heterocycles. The van der Waals surface area contributed by atoms with Gasteiger partial charge < -0.3 is 10.4 Å². The lowest BCUT2D eigenvalue weighted by Crippen LogP contribution is -2.33. The van der Waals surface area contributed by atoms with E-state index in [9.17, 15) is 9.59 Å². The Hall–Kier alpha value is -2.40. The summed E-state index contributed by atoms with van der Waals surface area (Å²) in [4.78, 5) is 23.7. The summed E-state index contributed by atoms with van der Waals surface area (Å²) in [6.45, 7) is 12.2. The maximum absolute atomic E-state index is 11.9. The molecule has 1 aromatic carbocycles. The Morgan fingerprint density at radius 2 is 1.68 bits per heavy atom. The second-order valence-electron chi connectivity index (χ2n) is 5.50. The second kappa shape index (κ2) is 13.0. The molecule has 0 radical (unpaired) electrons. The first kappa shape index (κ1) is 22.6. The van der Waals surface area contributed by atoms with Gasteiger partial charge in [0.1, 0.15) is 0 Å². The first-order chi connectivity index (χ1) is 11.8. The molecular weight excluding hydrogens is 316 g/mol. The van der Waals surface area contributed by atoms with Crippen molar-refractivity contribution in [2.24, 2.45) is 0 Å². The second-order valence-corrected chi connectivity index (χ2v) is 5.50. The molecule has 0 fully saturated rings. The number of amides is 1. The molecule has 25 heavy (non-hydrogen) atoms. The average Bonchev–Trinajstić information content (AvgIpc) is 2.56. The molecule has 0 unspecified atom stereocenters. The van der Waals surface area contributed by atoms with Crippen LogP contribution in [0.4, 0.5) is 5.69 Å². The number of carboxylic acid groups (broad SMARTS) is 1. The summed E-state index contributed by atoms with van der Waals surface area (Å²) in [5.41, 5.74) is 3.17. The van der Waals surface area contributed by atoms with Gasteiger partial charge in [-0.2, -0.15) is 0 Å². The van der Waals surface area contributed by atoms with E-state index in [0.717, 1.165) is 36.0 Å². The third-order valence-electron chi connectivity index (χ3n) is 3.55. The number of anilines is 1. The Morgan fingerprint density at radius 1 is 1.12 bits per heavy atom. The molecule has 0 aliphatic carbocycles. The Balaban J connectivity index is 0.000000609. The Bertz CT molecular complexity index is 583. The molecule has 0 atom stereocenters. The van der Waals surface area contributed by atoms with Crippen LogP contribution in [0.1, 0.15) is 31.9 Å². The highest BCUT2D eigenvalue weighted by Crippen LogP contribution is 2.19. The van der Waals surface area contributed by atoms with Crippen molar-refractivity contribution in [1.29, 1.82) is 0 Å². The molecule has 0 aliphatic rings. The van der Waals surface area contributed by atoms with E-state index in [1.54, 1.807) is 12.2 Å². The van der Waals surface area contributed by atoms with Crippen LogP contribution in [0.5, 0.6) is 0 Å².